The number of aromatic nitrogens is 4. The van der Waals surface area contributed by atoms with E-state index in [2.05, 4.69) is 26.3 Å². The summed E-state index contributed by atoms with van der Waals surface area (Å²) in [6.07, 6.45) is 3.32. The molecule has 0 amide bonds. The lowest BCUT2D eigenvalue weighted by atomic mass is 10.0. The van der Waals surface area contributed by atoms with Crippen molar-refractivity contribution in [3.8, 4) is 17.3 Å². The molecule has 0 spiro atoms. The standard InChI is InChI=1S/C25H29ClN6O3/c1-12(2)32-18-8-13(7-14(10-27)21(18)30-23(32)25(3,4)34)20-16(26)11-28-24(31-20)29-17-9-15-5-6-19(35-15)22(17)33/h7-8,11-12,15,17,19,22,33-34H,5-6,9H2,1-4H3,(H,28,29,31)/t15-,17-,19+,22+/m1/s1. The molecule has 1 aromatic carbocycles. The molecular formula is C25H29ClN6O3. The molecule has 0 saturated carbocycles. The predicted octanol–water partition coefficient (Wildman–Crippen LogP) is 3.92. The first-order chi connectivity index (χ1) is 16.6. The minimum Gasteiger partial charge on any atom is -0.388 e. The highest BCUT2D eigenvalue weighted by atomic mass is 35.5. The van der Waals surface area contributed by atoms with Gasteiger partial charge in [0.25, 0.3) is 0 Å². The molecule has 0 unspecified atom stereocenters. The van der Waals surface area contributed by atoms with Crippen LogP contribution in [0.15, 0.2) is 18.3 Å². The summed E-state index contributed by atoms with van der Waals surface area (Å²) in [6, 6.07) is 5.59. The van der Waals surface area contributed by atoms with Crippen molar-refractivity contribution in [2.45, 2.75) is 83.0 Å². The summed E-state index contributed by atoms with van der Waals surface area (Å²) >= 11 is 6.52. The van der Waals surface area contributed by atoms with E-state index in [0.717, 1.165) is 12.8 Å². The number of anilines is 1. The smallest absolute Gasteiger partial charge is 0.223 e. The Morgan fingerprint density at radius 2 is 2.06 bits per heavy atom. The molecule has 184 valence electrons. The van der Waals surface area contributed by atoms with E-state index >= 15 is 0 Å². The molecule has 9 nitrogen and oxygen atoms in total. The summed E-state index contributed by atoms with van der Waals surface area (Å²) < 4.78 is 7.74. The second kappa shape index (κ2) is 8.71. The predicted molar refractivity (Wildman–Crippen MR) is 132 cm³/mol. The fraction of sp³-hybridized carbons (Fsp3) is 0.520. The van der Waals surface area contributed by atoms with E-state index in [0.29, 0.717) is 51.1 Å². The number of ether oxygens (including phenoxy) is 1. The van der Waals surface area contributed by atoms with Crippen LogP contribution >= 0.6 is 11.6 Å². The zero-order valence-electron chi connectivity index (χ0n) is 20.2. The van der Waals surface area contributed by atoms with E-state index < -0.39 is 11.7 Å². The van der Waals surface area contributed by atoms with Crippen LogP contribution in [0, 0.1) is 11.3 Å². The van der Waals surface area contributed by atoms with Gasteiger partial charge in [0.2, 0.25) is 5.95 Å². The highest BCUT2D eigenvalue weighted by Gasteiger charge is 2.42. The average Bonchev–Trinajstić information content (AvgIpc) is 3.40. The second-order valence-corrected chi connectivity index (χ2v) is 10.6. The number of fused-ring (bicyclic) bond motifs is 3. The van der Waals surface area contributed by atoms with Crippen LogP contribution < -0.4 is 5.32 Å². The van der Waals surface area contributed by atoms with Crippen LogP contribution in [0.4, 0.5) is 5.95 Å². The van der Waals surface area contributed by atoms with Crippen LogP contribution in [0.2, 0.25) is 5.02 Å². The van der Waals surface area contributed by atoms with Crippen LogP contribution in [0.25, 0.3) is 22.3 Å². The van der Waals surface area contributed by atoms with E-state index in [9.17, 15) is 15.5 Å². The Kier molecular flexibility index (Phi) is 5.96. The largest absolute Gasteiger partial charge is 0.388 e. The van der Waals surface area contributed by atoms with Crippen LogP contribution in [-0.4, -0.2) is 54.1 Å². The van der Waals surface area contributed by atoms with Gasteiger partial charge in [0.15, 0.2) is 0 Å². The number of rotatable bonds is 5. The van der Waals surface area contributed by atoms with E-state index in [1.165, 1.54) is 6.20 Å². The first-order valence-corrected chi connectivity index (χ1v) is 12.3. The molecule has 0 radical (unpaired) electrons. The first kappa shape index (κ1) is 23.9. The van der Waals surface area contributed by atoms with Crippen LogP contribution in [0.1, 0.15) is 64.4 Å². The molecule has 10 heteroatoms. The summed E-state index contributed by atoms with van der Waals surface area (Å²) in [5.74, 6) is 0.832. The Labute approximate surface area is 208 Å². The van der Waals surface area contributed by atoms with Crippen molar-refractivity contribution in [3.63, 3.8) is 0 Å². The Morgan fingerprint density at radius 1 is 1.29 bits per heavy atom. The lowest BCUT2D eigenvalue weighted by Gasteiger charge is -2.33. The zero-order valence-corrected chi connectivity index (χ0v) is 20.9. The van der Waals surface area contributed by atoms with Gasteiger partial charge >= 0.3 is 0 Å². The Balaban J connectivity index is 1.58. The first-order valence-electron chi connectivity index (χ1n) is 11.9. The van der Waals surface area contributed by atoms with Crippen molar-refractivity contribution in [1.82, 2.24) is 19.5 Å². The SMILES string of the molecule is CC(C)n1c(C(C)(C)O)nc2c(C#N)cc(-c3nc(N[C@@H]4C[C@H]5CC[C@H](O5)[C@H]4O)ncc3Cl)cc21. The zero-order chi connectivity index (χ0) is 25.1. The number of hydrogen-bond donors (Lipinski definition) is 3. The van der Waals surface area contributed by atoms with Gasteiger partial charge in [-0.1, -0.05) is 11.6 Å². The van der Waals surface area contributed by atoms with E-state index in [1.54, 1.807) is 19.9 Å². The number of nitrogens with one attached hydrogen (secondary N) is 1. The van der Waals surface area contributed by atoms with Gasteiger partial charge in [-0.25, -0.2) is 15.0 Å². The topological polar surface area (TPSA) is 129 Å². The average molecular weight is 497 g/mol. The number of imidazole rings is 1. The lowest BCUT2D eigenvalue weighted by molar-refractivity contribution is -0.0811. The molecule has 2 fully saturated rings. The number of aliphatic hydroxyl groups is 2. The summed E-state index contributed by atoms with van der Waals surface area (Å²) in [5.41, 5.74) is 1.51. The molecule has 4 atom stereocenters. The van der Waals surface area contributed by atoms with Gasteiger partial charge in [0.1, 0.15) is 29.1 Å². The van der Waals surface area contributed by atoms with E-state index in [1.807, 2.05) is 24.5 Å². The van der Waals surface area contributed by atoms with Gasteiger partial charge in [-0.3, -0.25) is 0 Å². The number of aliphatic hydroxyl groups excluding tert-OH is 1. The molecule has 35 heavy (non-hydrogen) atoms. The maximum absolute atomic E-state index is 10.7. The summed E-state index contributed by atoms with van der Waals surface area (Å²) in [4.78, 5) is 13.6. The molecule has 3 aromatic rings. The highest BCUT2D eigenvalue weighted by Crippen LogP contribution is 2.36. The lowest BCUT2D eigenvalue weighted by Crippen LogP contribution is -2.47. The van der Waals surface area contributed by atoms with Crippen molar-refractivity contribution < 1.29 is 14.9 Å². The van der Waals surface area contributed by atoms with Crippen molar-refractivity contribution in [3.05, 3.63) is 34.7 Å². The van der Waals surface area contributed by atoms with Crippen molar-refractivity contribution in [1.29, 1.82) is 5.26 Å². The normalized spacial score (nSPS) is 24.2. The monoisotopic (exact) mass is 496 g/mol. The summed E-state index contributed by atoms with van der Waals surface area (Å²) in [7, 11) is 0. The van der Waals surface area contributed by atoms with Gasteiger partial charge in [-0.05, 0) is 59.1 Å². The number of halogens is 1. The maximum atomic E-state index is 10.7. The van der Waals surface area contributed by atoms with Gasteiger partial charge in [-0.15, -0.1) is 0 Å². The Hall–Kier alpha value is -2.77. The number of nitriles is 1. The van der Waals surface area contributed by atoms with Gasteiger partial charge < -0.3 is 24.8 Å². The fourth-order valence-electron chi connectivity index (χ4n) is 5.16. The molecule has 2 aliphatic heterocycles. The van der Waals surface area contributed by atoms with Crippen LogP contribution in [-0.2, 0) is 10.3 Å². The summed E-state index contributed by atoms with van der Waals surface area (Å²) in [6.45, 7) is 7.36. The molecule has 2 aromatic heterocycles. The van der Waals surface area contributed by atoms with Crippen molar-refractivity contribution in [2.75, 3.05) is 5.32 Å². The minimum atomic E-state index is -1.19. The molecule has 4 heterocycles. The third kappa shape index (κ3) is 4.25. The molecule has 2 bridgehead atoms. The Bertz CT molecular complexity index is 1330. The van der Waals surface area contributed by atoms with Crippen LogP contribution in [0.3, 0.4) is 0 Å². The van der Waals surface area contributed by atoms with Crippen molar-refractivity contribution >= 4 is 28.6 Å². The minimum absolute atomic E-state index is 0.00769. The van der Waals surface area contributed by atoms with Crippen LogP contribution in [0.5, 0.6) is 0 Å². The number of benzene rings is 1. The quantitative estimate of drug-likeness (QED) is 0.484. The number of nitrogens with zero attached hydrogens (tertiary/aromatic N) is 5. The molecule has 2 saturated heterocycles. The van der Waals surface area contributed by atoms with E-state index in [4.69, 9.17) is 16.3 Å². The second-order valence-electron chi connectivity index (χ2n) is 10.2. The fourth-order valence-corrected chi connectivity index (χ4v) is 5.36. The van der Waals surface area contributed by atoms with Crippen molar-refractivity contribution in [2.24, 2.45) is 0 Å². The Morgan fingerprint density at radius 3 is 2.74 bits per heavy atom. The number of hydrogen-bond acceptors (Lipinski definition) is 8. The molecule has 3 N–H and O–H groups in total. The molecule has 5 rings (SSSR count). The van der Waals surface area contributed by atoms with Gasteiger partial charge in [0, 0.05) is 11.6 Å². The molecule has 0 aliphatic carbocycles. The van der Waals surface area contributed by atoms with Gasteiger partial charge in [-0.2, -0.15) is 5.26 Å². The molecule has 2 aliphatic rings. The third-order valence-electron chi connectivity index (χ3n) is 6.76. The maximum Gasteiger partial charge on any atom is 0.223 e. The summed E-state index contributed by atoms with van der Waals surface area (Å²) in [5, 5.41) is 34.9. The third-order valence-corrected chi connectivity index (χ3v) is 7.04. The highest BCUT2D eigenvalue weighted by molar-refractivity contribution is 6.33. The van der Waals surface area contributed by atoms with E-state index in [-0.39, 0.29) is 24.3 Å². The molecular weight excluding hydrogens is 468 g/mol. The van der Waals surface area contributed by atoms with Gasteiger partial charge in [0.05, 0.1) is 46.2 Å².